The van der Waals surface area contributed by atoms with Crippen molar-refractivity contribution in [1.82, 2.24) is 0 Å². The summed E-state index contributed by atoms with van der Waals surface area (Å²) in [6.07, 6.45) is 9.88. The van der Waals surface area contributed by atoms with Crippen LogP contribution in [0.1, 0.15) is 34.1 Å². The molecule has 3 unspecified atom stereocenters. The molecule has 0 heterocycles. The summed E-state index contributed by atoms with van der Waals surface area (Å²) in [6, 6.07) is 0. The molecule has 2 rings (SSSR count). The summed E-state index contributed by atoms with van der Waals surface area (Å²) in [4.78, 5) is 4.30. The molecule has 86 valence electrons. The predicted octanol–water partition coefficient (Wildman–Crippen LogP) is 3.93. The fraction of sp³-hybridized carbons (Fsp3) is 0.533. The Morgan fingerprint density at radius 3 is 2.62 bits per heavy atom. The quantitative estimate of drug-likeness (QED) is 0.619. The van der Waals surface area contributed by atoms with Crippen LogP contribution in [0.15, 0.2) is 40.4 Å². The summed E-state index contributed by atoms with van der Waals surface area (Å²) < 4.78 is 0. The van der Waals surface area contributed by atoms with Gasteiger partial charge in [0.25, 0.3) is 0 Å². The SMILES string of the molecule is C=NC1(C)CC1(C)/C(C)=C1\C=CC=CC1C. The highest BCUT2D eigenvalue weighted by Gasteiger charge is 2.62. The standard InChI is InChI=1S/C15H21N/c1-11-8-6-7-9-13(11)12(2)14(3)10-15(14,4)16-5/h6-9,11H,5,10H2,1-4H3/b13-12+. The Morgan fingerprint density at radius 2 is 2.12 bits per heavy atom. The highest BCUT2D eigenvalue weighted by Crippen LogP contribution is 2.63. The molecule has 0 radical (unpaired) electrons. The maximum absolute atomic E-state index is 4.30. The zero-order valence-corrected chi connectivity index (χ0v) is 10.7. The topological polar surface area (TPSA) is 12.4 Å². The van der Waals surface area contributed by atoms with Gasteiger partial charge in [0, 0.05) is 5.41 Å². The van der Waals surface area contributed by atoms with Crippen LogP contribution in [-0.2, 0) is 0 Å². The Kier molecular flexibility index (Phi) is 2.45. The summed E-state index contributed by atoms with van der Waals surface area (Å²) in [5.74, 6) is 0.525. The Morgan fingerprint density at radius 1 is 1.44 bits per heavy atom. The molecule has 16 heavy (non-hydrogen) atoms. The molecule has 1 heteroatoms. The van der Waals surface area contributed by atoms with Crippen LogP contribution in [0.2, 0.25) is 0 Å². The van der Waals surface area contributed by atoms with Crippen molar-refractivity contribution in [3.63, 3.8) is 0 Å². The number of rotatable bonds is 2. The zero-order valence-electron chi connectivity index (χ0n) is 10.7. The summed E-state index contributed by atoms with van der Waals surface area (Å²) in [7, 11) is 0. The fourth-order valence-electron chi connectivity index (χ4n) is 2.84. The van der Waals surface area contributed by atoms with Crippen LogP contribution in [0.25, 0.3) is 0 Å². The van der Waals surface area contributed by atoms with Crippen molar-refractivity contribution in [3.05, 3.63) is 35.5 Å². The lowest BCUT2D eigenvalue weighted by Crippen LogP contribution is -2.15. The number of hydrogen-bond acceptors (Lipinski definition) is 1. The van der Waals surface area contributed by atoms with Crippen LogP contribution in [0.5, 0.6) is 0 Å². The first-order valence-corrected chi connectivity index (χ1v) is 5.98. The normalized spacial score (nSPS) is 44.4. The third kappa shape index (κ3) is 1.41. The average Bonchev–Trinajstić information content (AvgIpc) is 2.84. The minimum atomic E-state index is 0.0544. The molecule has 0 amide bonds. The minimum absolute atomic E-state index is 0.0544. The van der Waals surface area contributed by atoms with Crippen molar-refractivity contribution in [2.45, 2.75) is 39.7 Å². The second-order valence-electron chi connectivity index (χ2n) is 5.55. The number of allylic oxidation sites excluding steroid dienone is 5. The molecule has 2 aliphatic rings. The van der Waals surface area contributed by atoms with E-state index in [1.54, 1.807) is 0 Å². The molecule has 0 aromatic carbocycles. The van der Waals surface area contributed by atoms with Gasteiger partial charge in [0.2, 0.25) is 0 Å². The van der Waals surface area contributed by atoms with Crippen molar-refractivity contribution < 1.29 is 0 Å². The molecule has 3 atom stereocenters. The molecule has 0 bridgehead atoms. The van der Waals surface area contributed by atoms with Crippen molar-refractivity contribution >= 4 is 6.72 Å². The largest absolute Gasteiger partial charge is 0.294 e. The lowest BCUT2D eigenvalue weighted by Gasteiger charge is -2.22. The molecule has 0 aliphatic heterocycles. The third-order valence-electron chi connectivity index (χ3n) is 4.65. The maximum atomic E-state index is 4.30. The molecule has 0 spiro atoms. The van der Waals surface area contributed by atoms with Gasteiger partial charge in [-0.3, -0.25) is 4.99 Å². The first-order chi connectivity index (χ1) is 7.44. The van der Waals surface area contributed by atoms with E-state index in [0.29, 0.717) is 5.92 Å². The Balaban J connectivity index is 2.36. The van der Waals surface area contributed by atoms with E-state index < -0.39 is 0 Å². The van der Waals surface area contributed by atoms with Gasteiger partial charge in [-0.1, -0.05) is 43.7 Å². The van der Waals surface area contributed by atoms with Crippen LogP contribution >= 0.6 is 0 Å². The van der Waals surface area contributed by atoms with E-state index in [1.165, 1.54) is 11.1 Å². The number of aliphatic imine (C=N–C) groups is 1. The van der Waals surface area contributed by atoms with Gasteiger partial charge in [-0.05, 0) is 38.5 Å². The fourth-order valence-corrected chi connectivity index (χ4v) is 2.84. The molecule has 1 saturated carbocycles. The van der Waals surface area contributed by atoms with Gasteiger partial charge in [0.05, 0.1) is 5.54 Å². The Bertz CT molecular complexity index is 413. The molecule has 0 aromatic rings. The molecular formula is C15H21N. The van der Waals surface area contributed by atoms with Crippen LogP contribution in [-0.4, -0.2) is 12.3 Å². The summed E-state index contributed by atoms with van der Waals surface area (Å²) in [5.41, 5.74) is 3.21. The van der Waals surface area contributed by atoms with E-state index in [2.05, 4.69) is 63.7 Å². The molecular weight excluding hydrogens is 194 g/mol. The van der Waals surface area contributed by atoms with Crippen LogP contribution in [0.4, 0.5) is 0 Å². The van der Waals surface area contributed by atoms with E-state index in [0.717, 1.165) is 6.42 Å². The highest BCUT2D eigenvalue weighted by atomic mass is 15.0. The van der Waals surface area contributed by atoms with Crippen molar-refractivity contribution in [3.8, 4) is 0 Å². The van der Waals surface area contributed by atoms with E-state index >= 15 is 0 Å². The highest BCUT2D eigenvalue weighted by molar-refractivity contribution is 5.45. The van der Waals surface area contributed by atoms with E-state index in [1.807, 2.05) is 0 Å². The van der Waals surface area contributed by atoms with Gasteiger partial charge in [0.15, 0.2) is 0 Å². The number of hydrogen-bond donors (Lipinski definition) is 0. The first kappa shape index (κ1) is 11.4. The van der Waals surface area contributed by atoms with Crippen LogP contribution in [0.3, 0.4) is 0 Å². The lowest BCUT2D eigenvalue weighted by atomic mass is 9.84. The van der Waals surface area contributed by atoms with Crippen molar-refractivity contribution in [2.75, 3.05) is 0 Å². The van der Waals surface area contributed by atoms with Gasteiger partial charge < -0.3 is 0 Å². The molecule has 0 aromatic heterocycles. The van der Waals surface area contributed by atoms with Crippen LogP contribution in [0, 0.1) is 11.3 Å². The molecule has 1 nitrogen and oxygen atoms in total. The van der Waals surface area contributed by atoms with Gasteiger partial charge >= 0.3 is 0 Å². The zero-order chi connectivity index (χ0) is 12.0. The first-order valence-electron chi connectivity index (χ1n) is 5.98. The van der Waals surface area contributed by atoms with Gasteiger partial charge in [-0.2, -0.15) is 0 Å². The summed E-state index contributed by atoms with van der Waals surface area (Å²) in [5, 5.41) is 0. The lowest BCUT2D eigenvalue weighted by molar-refractivity contribution is 0.547. The molecule has 0 N–H and O–H groups in total. The van der Waals surface area contributed by atoms with Gasteiger partial charge in [-0.25, -0.2) is 0 Å². The second kappa shape index (κ2) is 3.44. The predicted molar refractivity (Wildman–Crippen MR) is 70.8 cm³/mol. The van der Waals surface area contributed by atoms with Crippen molar-refractivity contribution in [1.29, 1.82) is 0 Å². The number of nitrogens with zero attached hydrogens (tertiary/aromatic N) is 1. The Hall–Kier alpha value is -1.11. The second-order valence-corrected chi connectivity index (χ2v) is 5.55. The summed E-state index contributed by atoms with van der Waals surface area (Å²) >= 11 is 0. The smallest absolute Gasteiger partial charge is 0.0673 e. The molecule has 2 aliphatic carbocycles. The third-order valence-corrected chi connectivity index (χ3v) is 4.65. The van der Waals surface area contributed by atoms with E-state index in [4.69, 9.17) is 0 Å². The van der Waals surface area contributed by atoms with Gasteiger partial charge in [0.1, 0.15) is 0 Å². The maximum Gasteiger partial charge on any atom is 0.0673 e. The molecule has 1 fully saturated rings. The monoisotopic (exact) mass is 215 g/mol. The van der Waals surface area contributed by atoms with E-state index in [-0.39, 0.29) is 11.0 Å². The van der Waals surface area contributed by atoms with Crippen LogP contribution < -0.4 is 0 Å². The van der Waals surface area contributed by atoms with E-state index in [9.17, 15) is 0 Å². The minimum Gasteiger partial charge on any atom is -0.294 e. The average molecular weight is 215 g/mol. The van der Waals surface area contributed by atoms with Crippen molar-refractivity contribution in [2.24, 2.45) is 16.3 Å². The Labute approximate surface area is 98.7 Å². The molecule has 0 saturated heterocycles. The van der Waals surface area contributed by atoms with Gasteiger partial charge in [-0.15, -0.1) is 0 Å². The summed E-state index contributed by atoms with van der Waals surface area (Å²) in [6.45, 7) is 12.8.